The summed E-state index contributed by atoms with van der Waals surface area (Å²) in [5.74, 6) is 0. The van der Waals surface area contributed by atoms with Gasteiger partial charge in [0.15, 0.2) is 0 Å². The molecule has 4 heteroatoms. The molecule has 0 amide bonds. The zero-order chi connectivity index (χ0) is 14.1. The Balaban J connectivity index is 1.74. The van der Waals surface area contributed by atoms with Crippen LogP contribution in [-0.2, 0) is 0 Å². The summed E-state index contributed by atoms with van der Waals surface area (Å²) >= 11 is 3.47. The van der Waals surface area contributed by atoms with E-state index in [4.69, 9.17) is 0 Å². The van der Waals surface area contributed by atoms with Gasteiger partial charge in [0.05, 0.1) is 17.4 Å². The molecule has 1 aromatic carbocycles. The zero-order valence-corrected chi connectivity index (χ0v) is 12.9. The molecule has 2 aromatic heterocycles. The summed E-state index contributed by atoms with van der Waals surface area (Å²) in [4.78, 5) is 0. The molecule has 2 nitrogen and oxygen atoms in total. The third-order valence-corrected chi connectivity index (χ3v) is 4.98. The number of anilines is 1. The lowest BCUT2D eigenvalue weighted by Crippen LogP contribution is -2.33. The summed E-state index contributed by atoms with van der Waals surface area (Å²) in [7, 11) is 0. The topological polar surface area (TPSA) is 15.3 Å². The van der Waals surface area contributed by atoms with Gasteiger partial charge in [-0.2, -0.15) is 22.7 Å². The van der Waals surface area contributed by atoms with E-state index in [1.54, 1.807) is 22.7 Å². The van der Waals surface area contributed by atoms with Crippen LogP contribution in [0.5, 0.6) is 0 Å². The monoisotopic (exact) mass is 310 g/mol. The fourth-order valence-corrected chi connectivity index (χ4v) is 3.90. The van der Waals surface area contributed by atoms with Gasteiger partial charge in [0.1, 0.15) is 0 Å². The van der Waals surface area contributed by atoms with E-state index in [0.717, 1.165) is 0 Å². The first-order chi connectivity index (χ1) is 10.4. The summed E-state index contributed by atoms with van der Waals surface area (Å²) in [6.07, 6.45) is 2.30. The molecule has 21 heavy (non-hydrogen) atoms. The molecule has 0 saturated carbocycles. The van der Waals surface area contributed by atoms with E-state index in [-0.39, 0.29) is 6.04 Å². The second-order valence-corrected chi connectivity index (χ2v) is 6.47. The van der Waals surface area contributed by atoms with Crippen LogP contribution in [0.4, 0.5) is 5.69 Å². The van der Waals surface area contributed by atoms with Gasteiger partial charge < -0.3 is 0 Å². The second kappa shape index (κ2) is 5.39. The number of benzene rings is 1. The molecular weight excluding hydrogens is 296 g/mol. The van der Waals surface area contributed by atoms with Gasteiger partial charge in [0.2, 0.25) is 0 Å². The first kappa shape index (κ1) is 12.7. The summed E-state index contributed by atoms with van der Waals surface area (Å²) < 4.78 is 0. The third kappa shape index (κ3) is 2.37. The molecule has 4 rings (SSSR count). The maximum atomic E-state index is 3.55. The van der Waals surface area contributed by atoms with Crippen LogP contribution in [0.25, 0.3) is 5.70 Å². The number of thiophene rings is 2. The van der Waals surface area contributed by atoms with E-state index in [2.05, 4.69) is 74.4 Å². The first-order valence-electron chi connectivity index (χ1n) is 6.79. The van der Waals surface area contributed by atoms with Crippen molar-refractivity contribution in [3.05, 3.63) is 81.2 Å². The van der Waals surface area contributed by atoms with Crippen LogP contribution in [0.3, 0.4) is 0 Å². The van der Waals surface area contributed by atoms with Crippen molar-refractivity contribution < 1.29 is 0 Å². The van der Waals surface area contributed by atoms with Gasteiger partial charge in [0.25, 0.3) is 0 Å². The Morgan fingerprint density at radius 1 is 0.905 bits per heavy atom. The number of hydrazine groups is 1. The summed E-state index contributed by atoms with van der Waals surface area (Å²) in [5.41, 5.74) is 8.48. The van der Waals surface area contributed by atoms with Crippen molar-refractivity contribution in [2.24, 2.45) is 0 Å². The van der Waals surface area contributed by atoms with Gasteiger partial charge in [-0.15, -0.1) is 0 Å². The minimum absolute atomic E-state index is 0.230. The van der Waals surface area contributed by atoms with Gasteiger partial charge in [-0.05, 0) is 52.0 Å². The normalized spacial score (nSPS) is 17.6. The molecule has 104 valence electrons. The Kier molecular flexibility index (Phi) is 3.25. The van der Waals surface area contributed by atoms with Crippen molar-refractivity contribution in [3.63, 3.8) is 0 Å². The molecule has 0 radical (unpaired) electrons. The number of nitrogens with zero attached hydrogens (tertiary/aromatic N) is 1. The number of hydrogen-bond acceptors (Lipinski definition) is 4. The lowest BCUT2D eigenvalue weighted by atomic mass is 10.1. The summed E-state index contributed by atoms with van der Waals surface area (Å²) in [5, 5.41) is 10.9. The van der Waals surface area contributed by atoms with Gasteiger partial charge >= 0.3 is 0 Å². The molecule has 0 fully saturated rings. The highest BCUT2D eigenvalue weighted by atomic mass is 32.1. The smallest absolute Gasteiger partial charge is 0.0966 e. The first-order valence-corrected chi connectivity index (χ1v) is 8.68. The fraction of sp³-hybridized carbons (Fsp3) is 0.0588. The number of rotatable bonds is 3. The van der Waals surface area contributed by atoms with E-state index < -0.39 is 0 Å². The quantitative estimate of drug-likeness (QED) is 0.739. The molecular formula is C17H14N2S2. The van der Waals surface area contributed by atoms with Gasteiger partial charge in [-0.25, -0.2) is 0 Å². The number of para-hydroxylation sites is 1. The maximum Gasteiger partial charge on any atom is 0.0966 e. The SMILES string of the molecule is C1=C(c2ccsc2)NN(c2ccccc2)C1c1ccsc1. The van der Waals surface area contributed by atoms with E-state index >= 15 is 0 Å². The van der Waals surface area contributed by atoms with Crippen molar-refractivity contribution in [3.8, 4) is 0 Å². The predicted molar refractivity (Wildman–Crippen MR) is 91.4 cm³/mol. The lowest BCUT2D eigenvalue weighted by molar-refractivity contribution is 0.726. The minimum atomic E-state index is 0.230. The maximum absolute atomic E-state index is 3.55. The lowest BCUT2D eigenvalue weighted by Gasteiger charge is -2.26. The van der Waals surface area contributed by atoms with Gasteiger partial charge in [-0.1, -0.05) is 18.2 Å². The molecule has 1 unspecified atom stereocenters. The number of hydrogen-bond donors (Lipinski definition) is 1. The largest absolute Gasteiger partial charge is 0.297 e. The molecule has 3 heterocycles. The highest BCUT2D eigenvalue weighted by Gasteiger charge is 2.27. The Labute approximate surface area is 132 Å². The second-order valence-electron chi connectivity index (χ2n) is 4.91. The molecule has 1 N–H and O–H groups in total. The Morgan fingerprint density at radius 2 is 1.71 bits per heavy atom. The molecule has 3 aromatic rings. The minimum Gasteiger partial charge on any atom is -0.297 e. The van der Waals surface area contributed by atoms with E-state index in [1.165, 1.54) is 22.5 Å². The van der Waals surface area contributed by atoms with Crippen molar-refractivity contribution in [1.82, 2.24) is 5.43 Å². The number of nitrogens with one attached hydrogen (secondary N) is 1. The molecule has 1 aliphatic rings. The molecule has 1 aliphatic heterocycles. The summed E-state index contributed by atoms with van der Waals surface area (Å²) in [6, 6.07) is 15.0. The molecule has 0 saturated heterocycles. The molecule has 1 atom stereocenters. The third-order valence-electron chi connectivity index (χ3n) is 3.59. The Morgan fingerprint density at radius 3 is 2.43 bits per heavy atom. The van der Waals surface area contributed by atoms with E-state index in [1.807, 2.05) is 6.07 Å². The molecule has 0 aliphatic carbocycles. The fourth-order valence-electron chi connectivity index (χ4n) is 2.55. The Bertz CT molecular complexity index is 730. The van der Waals surface area contributed by atoms with Crippen molar-refractivity contribution >= 4 is 34.1 Å². The summed E-state index contributed by atoms with van der Waals surface area (Å²) in [6.45, 7) is 0. The zero-order valence-electron chi connectivity index (χ0n) is 11.3. The van der Waals surface area contributed by atoms with Crippen molar-refractivity contribution in [1.29, 1.82) is 0 Å². The van der Waals surface area contributed by atoms with Crippen LogP contribution in [0.1, 0.15) is 17.2 Å². The van der Waals surface area contributed by atoms with Gasteiger partial charge in [0, 0.05) is 10.9 Å². The van der Waals surface area contributed by atoms with Crippen LogP contribution in [0.15, 0.2) is 70.1 Å². The average molecular weight is 310 g/mol. The van der Waals surface area contributed by atoms with Gasteiger partial charge in [-0.3, -0.25) is 10.4 Å². The van der Waals surface area contributed by atoms with E-state index in [9.17, 15) is 0 Å². The van der Waals surface area contributed by atoms with Crippen LogP contribution >= 0.6 is 22.7 Å². The van der Waals surface area contributed by atoms with Crippen LogP contribution < -0.4 is 10.4 Å². The van der Waals surface area contributed by atoms with Crippen LogP contribution in [0.2, 0.25) is 0 Å². The van der Waals surface area contributed by atoms with Crippen LogP contribution in [0, 0.1) is 0 Å². The van der Waals surface area contributed by atoms with Crippen molar-refractivity contribution in [2.45, 2.75) is 6.04 Å². The van der Waals surface area contributed by atoms with Crippen LogP contribution in [-0.4, -0.2) is 0 Å². The molecule has 0 spiro atoms. The highest BCUT2D eigenvalue weighted by Crippen LogP contribution is 2.35. The standard InChI is InChI=1S/C17H14N2S2/c1-2-4-15(5-3-1)19-17(14-7-9-21-12-14)10-16(18-19)13-6-8-20-11-13/h1-12,17-18H. The predicted octanol–water partition coefficient (Wildman–Crippen LogP) is 4.92. The van der Waals surface area contributed by atoms with E-state index in [0.29, 0.717) is 0 Å². The average Bonchev–Trinajstić information content (AvgIpc) is 3.27. The Hall–Kier alpha value is -2.04. The van der Waals surface area contributed by atoms with Crippen molar-refractivity contribution in [2.75, 3.05) is 5.01 Å². The highest BCUT2D eigenvalue weighted by molar-refractivity contribution is 7.08. The molecule has 0 bridgehead atoms.